The van der Waals surface area contributed by atoms with E-state index in [2.05, 4.69) is 20.1 Å². The molecule has 1 N–H and O–H groups in total. The first kappa shape index (κ1) is 15.4. The lowest BCUT2D eigenvalue weighted by Gasteiger charge is -2.34. The van der Waals surface area contributed by atoms with Crippen molar-refractivity contribution in [1.29, 1.82) is 0 Å². The first-order chi connectivity index (χ1) is 11.2. The Morgan fingerprint density at radius 2 is 2.35 bits per heavy atom. The van der Waals surface area contributed by atoms with Crippen LogP contribution in [0.4, 0.5) is 5.69 Å². The molecule has 1 aliphatic rings. The summed E-state index contributed by atoms with van der Waals surface area (Å²) in [4.78, 5) is 16.9. The number of H-pyrrole nitrogens is 1. The number of non-ortho nitro benzene ring substituents is 1. The number of nitrogens with one attached hydrogen (secondary N) is 1. The molecule has 0 bridgehead atoms. The van der Waals surface area contributed by atoms with Gasteiger partial charge >= 0.3 is 0 Å². The third-order valence-electron chi connectivity index (χ3n) is 4.04. The number of aromatic nitrogens is 3. The van der Waals surface area contributed by atoms with Gasteiger partial charge in [0.25, 0.3) is 5.69 Å². The Morgan fingerprint density at radius 3 is 3.13 bits per heavy atom. The van der Waals surface area contributed by atoms with E-state index < -0.39 is 4.92 Å². The van der Waals surface area contributed by atoms with Crippen molar-refractivity contribution in [3.63, 3.8) is 0 Å². The normalized spacial score (nSPS) is 18.7. The number of piperidine rings is 1. The van der Waals surface area contributed by atoms with Crippen molar-refractivity contribution in [3.05, 3.63) is 46.5 Å². The van der Waals surface area contributed by atoms with Crippen LogP contribution in [0.3, 0.4) is 0 Å². The second kappa shape index (κ2) is 7.19. The fourth-order valence-electron chi connectivity index (χ4n) is 2.91. The molecular weight excluding hydrogens is 298 g/mol. The van der Waals surface area contributed by atoms with E-state index >= 15 is 0 Å². The molecule has 3 rings (SSSR count). The highest BCUT2D eigenvalue weighted by atomic mass is 16.6. The lowest BCUT2D eigenvalue weighted by atomic mass is 10.0. The number of rotatable bonds is 6. The fraction of sp³-hybridized carbons (Fsp3) is 0.467. The highest BCUT2D eigenvalue weighted by Crippen LogP contribution is 2.28. The van der Waals surface area contributed by atoms with Crippen molar-refractivity contribution in [3.8, 4) is 5.75 Å². The summed E-state index contributed by atoms with van der Waals surface area (Å²) < 4.78 is 5.67. The third-order valence-corrected chi connectivity index (χ3v) is 4.04. The van der Waals surface area contributed by atoms with Gasteiger partial charge in [-0.05, 0) is 25.5 Å². The van der Waals surface area contributed by atoms with E-state index in [9.17, 15) is 10.1 Å². The van der Waals surface area contributed by atoms with Crippen molar-refractivity contribution in [2.75, 3.05) is 19.7 Å². The Labute approximate surface area is 133 Å². The monoisotopic (exact) mass is 317 g/mol. The van der Waals surface area contributed by atoms with Crippen LogP contribution in [-0.2, 0) is 0 Å². The average Bonchev–Trinajstić information content (AvgIpc) is 3.10. The topological polar surface area (TPSA) is 97.2 Å². The SMILES string of the molecule is O=[N+]([O-])c1cccc(OCCN2CCCC[C@@H]2c2ncn[nH]2)c1. The van der Waals surface area contributed by atoms with Gasteiger partial charge in [-0.15, -0.1) is 0 Å². The molecule has 1 aromatic heterocycles. The van der Waals surface area contributed by atoms with Gasteiger partial charge in [0.15, 0.2) is 0 Å². The fourth-order valence-corrected chi connectivity index (χ4v) is 2.91. The zero-order chi connectivity index (χ0) is 16.1. The predicted octanol–water partition coefficient (Wildman–Crippen LogP) is 2.32. The molecule has 0 amide bonds. The molecule has 8 nitrogen and oxygen atoms in total. The van der Waals surface area contributed by atoms with Crippen molar-refractivity contribution < 1.29 is 9.66 Å². The average molecular weight is 317 g/mol. The molecule has 1 aromatic carbocycles. The summed E-state index contributed by atoms with van der Waals surface area (Å²) in [6.07, 6.45) is 4.91. The standard InChI is InChI=1S/C15H19N5O3/c21-20(22)12-4-3-5-13(10-12)23-9-8-19-7-2-1-6-14(19)15-16-11-17-18-15/h3-5,10-11,14H,1-2,6-9H2,(H,16,17,18)/t14-/m1/s1. The van der Waals surface area contributed by atoms with E-state index in [4.69, 9.17) is 4.74 Å². The maximum Gasteiger partial charge on any atom is 0.273 e. The summed E-state index contributed by atoms with van der Waals surface area (Å²) in [5.41, 5.74) is 0.0417. The molecule has 0 radical (unpaired) electrons. The molecule has 1 atom stereocenters. The predicted molar refractivity (Wildman–Crippen MR) is 83.1 cm³/mol. The molecule has 1 aliphatic heterocycles. The third kappa shape index (κ3) is 3.84. The van der Waals surface area contributed by atoms with E-state index in [1.54, 1.807) is 12.1 Å². The molecule has 0 saturated carbocycles. The van der Waals surface area contributed by atoms with Crippen LogP contribution < -0.4 is 4.74 Å². The van der Waals surface area contributed by atoms with Gasteiger partial charge in [0.1, 0.15) is 24.5 Å². The van der Waals surface area contributed by atoms with Crippen molar-refractivity contribution in [1.82, 2.24) is 20.1 Å². The minimum Gasteiger partial charge on any atom is -0.492 e. The summed E-state index contributed by atoms with van der Waals surface area (Å²) in [5.74, 6) is 1.41. The molecule has 122 valence electrons. The zero-order valence-corrected chi connectivity index (χ0v) is 12.7. The molecule has 0 aliphatic carbocycles. The highest BCUT2D eigenvalue weighted by Gasteiger charge is 2.25. The lowest BCUT2D eigenvalue weighted by Crippen LogP contribution is -2.37. The quantitative estimate of drug-likeness (QED) is 0.648. The molecule has 2 heterocycles. The zero-order valence-electron chi connectivity index (χ0n) is 12.7. The second-order valence-electron chi connectivity index (χ2n) is 5.52. The van der Waals surface area contributed by atoms with Crippen LogP contribution in [0.5, 0.6) is 5.75 Å². The number of aromatic amines is 1. The van der Waals surface area contributed by atoms with Crippen LogP contribution in [-0.4, -0.2) is 44.7 Å². The summed E-state index contributed by atoms with van der Waals surface area (Å²) in [6, 6.07) is 6.50. The summed E-state index contributed by atoms with van der Waals surface area (Å²) in [7, 11) is 0. The number of likely N-dealkylation sites (tertiary alicyclic amines) is 1. The molecule has 0 spiro atoms. The Bertz CT molecular complexity index is 646. The van der Waals surface area contributed by atoms with Crippen molar-refractivity contribution in [2.45, 2.75) is 25.3 Å². The van der Waals surface area contributed by atoms with Gasteiger partial charge in [-0.2, -0.15) is 5.10 Å². The first-order valence-electron chi connectivity index (χ1n) is 7.70. The second-order valence-corrected chi connectivity index (χ2v) is 5.52. The Balaban J connectivity index is 1.56. The smallest absolute Gasteiger partial charge is 0.273 e. The number of nitrogens with zero attached hydrogens (tertiary/aromatic N) is 4. The number of nitro groups is 1. The van der Waals surface area contributed by atoms with Gasteiger partial charge < -0.3 is 4.74 Å². The summed E-state index contributed by atoms with van der Waals surface area (Å²) in [5, 5.41) is 17.6. The Morgan fingerprint density at radius 1 is 1.43 bits per heavy atom. The molecule has 23 heavy (non-hydrogen) atoms. The number of hydrogen-bond donors (Lipinski definition) is 1. The van der Waals surface area contributed by atoms with Gasteiger partial charge in [-0.3, -0.25) is 20.1 Å². The van der Waals surface area contributed by atoms with E-state index in [1.165, 1.54) is 24.9 Å². The first-order valence-corrected chi connectivity index (χ1v) is 7.70. The van der Waals surface area contributed by atoms with Crippen LogP contribution in [0, 0.1) is 10.1 Å². The minimum absolute atomic E-state index is 0.0417. The van der Waals surface area contributed by atoms with Crippen LogP contribution in [0.15, 0.2) is 30.6 Å². The summed E-state index contributed by atoms with van der Waals surface area (Å²) in [6.45, 7) is 2.21. The van der Waals surface area contributed by atoms with Crippen molar-refractivity contribution in [2.24, 2.45) is 0 Å². The number of ether oxygens (including phenoxy) is 1. The lowest BCUT2D eigenvalue weighted by molar-refractivity contribution is -0.384. The van der Waals surface area contributed by atoms with Crippen LogP contribution in [0.2, 0.25) is 0 Å². The van der Waals surface area contributed by atoms with E-state index in [0.717, 1.165) is 31.8 Å². The van der Waals surface area contributed by atoms with Gasteiger partial charge in [0, 0.05) is 12.6 Å². The summed E-state index contributed by atoms with van der Waals surface area (Å²) >= 11 is 0. The molecule has 1 saturated heterocycles. The molecule has 8 heteroatoms. The van der Waals surface area contributed by atoms with Crippen molar-refractivity contribution >= 4 is 5.69 Å². The number of nitro benzene ring substituents is 1. The van der Waals surface area contributed by atoms with Crippen LogP contribution in [0.25, 0.3) is 0 Å². The molecular formula is C15H19N5O3. The maximum atomic E-state index is 10.8. The van der Waals surface area contributed by atoms with E-state index in [-0.39, 0.29) is 11.7 Å². The highest BCUT2D eigenvalue weighted by molar-refractivity contribution is 5.37. The van der Waals surface area contributed by atoms with Gasteiger partial charge in [-0.1, -0.05) is 12.5 Å². The number of hydrogen-bond acceptors (Lipinski definition) is 6. The van der Waals surface area contributed by atoms with Crippen LogP contribution in [0.1, 0.15) is 31.1 Å². The minimum atomic E-state index is -0.419. The Kier molecular flexibility index (Phi) is 4.82. The van der Waals surface area contributed by atoms with Gasteiger partial charge in [0.05, 0.1) is 17.0 Å². The maximum absolute atomic E-state index is 10.8. The molecule has 1 fully saturated rings. The molecule has 2 aromatic rings. The van der Waals surface area contributed by atoms with Gasteiger partial charge in [-0.25, -0.2) is 4.98 Å². The molecule has 0 unspecified atom stereocenters. The van der Waals surface area contributed by atoms with E-state index in [0.29, 0.717) is 12.4 Å². The van der Waals surface area contributed by atoms with Gasteiger partial charge in [0.2, 0.25) is 0 Å². The Hall–Kier alpha value is -2.48. The largest absolute Gasteiger partial charge is 0.492 e. The van der Waals surface area contributed by atoms with Crippen LogP contribution >= 0.6 is 0 Å². The number of benzene rings is 1. The van der Waals surface area contributed by atoms with E-state index in [1.807, 2.05) is 0 Å².